The molecule has 1 aromatic carbocycles. The monoisotopic (exact) mass is 296 g/mol. The number of nitrogens with one attached hydrogen (secondary N) is 1. The Kier molecular flexibility index (Phi) is 5.03. The smallest absolute Gasteiger partial charge is 0.132 e. The summed E-state index contributed by atoms with van der Waals surface area (Å²) in [7, 11) is 2.05. The molecule has 0 atom stereocenters. The van der Waals surface area contributed by atoms with Gasteiger partial charge in [-0.2, -0.15) is 0 Å². The molecule has 1 aliphatic heterocycles. The third kappa shape index (κ3) is 3.84. The minimum Gasteiger partial charge on any atom is -0.329 e. The van der Waals surface area contributed by atoms with Gasteiger partial charge in [-0.3, -0.25) is 4.90 Å². The number of hydrogen-bond donors (Lipinski definition) is 1. The van der Waals surface area contributed by atoms with Crippen LogP contribution in [-0.2, 0) is 6.54 Å². The summed E-state index contributed by atoms with van der Waals surface area (Å²) in [5, 5.41) is 3.44. The Balaban J connectivity index is 1.64. The van der Waals surface area contributed by atoms with Gasteiger partial charge in [0.25, 0.3) is 0 Å². The SMILES string of the molecule is CN(c1ccccc1)c1ccc(CN2CCCNCC2)cn1. The second-order valence-corrected chi connectivity index (χ2v) is 5.80. The van der Waals surface area contributed by atoms with Crippen molar-refractivity contribution in [3.8, 4) is 0 Å². The van der Waals surface area contributed by atoms with Crippen LogP contribution in [0.5, 0.6) is 0 Å². The van der Waals surface area contributed by atoms with Crippen LogP contribution >= 0.6 is 0 Å². The first-order valence-electron chi connectivity index (χ1n) is 8.00. The third-order valence-corrected chi connectivity index (χ3v) is 4.14. The minimum absolute atomic E-state index is 0.979. The molecule has 2 heterocycles. The Labute approximate surface area is 132 Å². The first-order valence-corrected chi connectivity index (χ1v) is 8.00. The highest BCUT2D eigenvalue weighted by Crippen LogP contribution is 2.21. The molecule has 0 radical (unpaired) electrons. The summed E-state index contributed by atoms with van der Waals surface area (Å²) >= 11 is 0. The summed E-state index contributed by atoms with van der Waals surface area (Å²) in [6, 6.07) is 14.6. The van der Waals surface area contributed by atoms with Crippen molar-refractivity contribution in [2.24, 2.45) is 0 Å². The number of rotatable bonds is 4. The summed E-state index contributed by atoms with van der Waals surface area (Å²) in [6.07, 6.45) is 3.23. The molecule has 1 saturated heterocycles. The lowest BCUT2D eigenvalue weighted by Crippen LogP contribution is -2.27. The van der Waals surface area contributed by atoms with Crippen LogP contribution < -0.4 is 10.2 Å². The maximum atomic E-state index is 4.63. The van der Waals surface area contributed by atoms with Gasteiger partial charge in [0.15, 0.2) is 0 Å². The molecule has 1 fully saturated rings. The fraction of sp³-hybridized carbons (Fsp3) is 0.389. The highest BCUT2D eigenvalue weighted by molar-refractivity contribution is 5.58. The van der Waals surface area contributed by atoms with Gasteiger partial charge in [0, 0.05) is 38.6 Å². The molecule has 22 heavy (non-hydrogen) atoms. The van der Waals surface area contributed by atoms with Gasteiger partial charge in [0.2, 0.25) is 0 Å². The van der Waals surface area contributed by atoms with Crippen LogP contribution in [0.15, 0.2) is 48.7 Å². The van der Waals surface area contributed by atoms with Crippen LogP contribution in [0.1, 0.15) is 12.0 Å². The quantitative estimate of drug-likeness (QED) is 0.940. The number of para-hydroxylation sites is 1. The van der Waals surface area contributed by atoms with E-state index in [1.54, 1.807) is 0 Å². The highest BCUT2D eigenvalue weighted by Gasteiger charge is 2.10. The maximum Gasteiger partial charge on any atom is 0.132 e. The van der Waals surface area contributed by atoms with Crippen molar-refractivity contribution in [3.63, 3.8) is 0 Å². The second-order valence-electron chi connectivity index (χ2n) is 5.80. The number of aromatic nitrogens is 1. The first kappa shape index (κ1) is 15.0. The normalized spacial score (nSPS) is 16.2. The number of nitrogens with zero attached hydrogens (tertiary/aromatic N) is 3. The molecule has 0 amide bonds. The van der Waals surface area contributed by atoms with Gasteiger partial charge in [-0.05, 0) is 43.3 Å². The summed E-state index contributed by atoms with van der Waals surface area (Å²) in [5.74, 6) is 0.979. The molecule has 1 aromatic heterocycles. The first-order chi connectivity index (χ1) is 10.8. The van der Waals surface area contributed by atoms with E-state index in [1.807, 2.05) is 24.4 Å². The fourth-order valence-electron chi connectivity index (χ4n) is 2.81. The molecule has 4 heteroatoms. The summed E-state index contributed by atoms with van der Waals surface area (Å²) in [5.41, 5.74) is 2.44. The molecule has 0 saturated carbocycles. The molecule has 0 unspecified atom stereocenters. The van der Waals surface area contributed by atoms with E-state index in [9.17, 15) is 0 Å². The average Bonchev–Trinajstić information content (AvgIpc) is 2.84. The molecule has 116 valence electrons. The molecule has 4 nitrogen and oxygen atoms in total. The van der Waals surface area contributed by atoms with E-state index in [0.29, 0.717) is 0 Å². The Morgan fingerprint density at radius 1 is 1.09 bits per heavy atom. The zero-order valence-corrected chi connectivity index (χ0v) is 13.2. The minimum atomic E-state index is 0.979. The van der Waals surface area contributed by atoms with E-state index in [-0.39, 0.29) is 0 Å². The molecule has 0 aliphatic carbocycles. The van der Waals surface area contributed by atoms with Gasteiger partial charge in [-0.15, -0.1) is 0 Å². The van der Waals surface area contributed by atoms with E-state index >= 15 is 0 Å². The molecular formula is C18H24N4. The van der Waals surface area contributed by atoms with Gasteiger partial charge in [-0.1, -0.05) is 24.3 Å². The van der Waals surface area contributed by atoms with Crippen LogP contribution in [0.3, 0.4) is 0 Å². The van der Waals surface area contributed by atoms with Crippen LogP contribution in [-0.4, -0.2) is 43.1 Å². The average molecular weight is 296 g/mol. The molecule has 0 spiro atoms. The summed E-state index contributed by atoms with van der Waals surface area (Å²) in [6.45, 7) is 5.49. The third-order valence-electron chi connectivity index (χ3n) is 4.14. The molecule has 3 rings (SSSR count). The van der Waals surface area contributed by atoms with Crippen LogP contribution in [0.4, 0.5) is 11.5 Å². The number of benzene rings is 1. The van der Waals surface area contributed by atoms with E-state index in [0.717, 1.165) is 37.7 Å². The van der Waals surface area contributed by atoms with Gasteiger partial charge >= 0.3 is 0 Å². The highest BCUT2D eigenvalue weighted by atomic mass is 15.2. The van der Waals surface area contributed by atoms with Crippen molar-refractivity contribution >= 4 is 11.5 Å². The van der Waals surface area contributed by atoms with Crippen molar-refractivity contribution in [1.29, 1.82) is 0 Å². The molecule has 2 aromatic rings. The van der Waals surface area contributed by atoms with Crippen LogP contribution in [0.2, 0.25) is 0 Å². The van der Waals surface area contributed by atoms with Crippen molar-refractivity contribution < 1.29 is 0 Å². The molecule has 0 bridgehead atoms. The van der Waals surface area contributed by atoms with E-state index in [2.05, 4.69) is 51.4 Å². The Morgan fingerprint density at radius 2 is 1.95 bits per heavy atom. The number of anilines is 2. The summed E-state index contributed by atoms with van der Waals surface area (Å²) in [4.78, 5) is 9.24. The Hall–Kier alpha value is -1.91. The molecular weight excluding hydrogens is 272 g/mol. The van der Waals surface area contributed by atoms with Gasteiger partial charge in [0.1, 0.15) is 5.82 Å². The topological polar surface area (TPSA) is 31.4 Å². The van der Waals surface area contributed by atoms with Gasteiger partial charge in [0.05, 0.1) is 0 Å². The van der Waals surface area contributed by atoms with E-state index in [1.165, 1.54) is 18.5 Å². The lowest BCUT2D eigenvalue weighted by molar-refractivity contribution is 0.284. The predicted octanol–water partition coefficient (Wildman–Crippen LogP) is 2.64. The molecule has 1 aliphatic rings. The maximum absolute atomic E-state index is 4.63. The van der Waals surface area contributed by atoms with Crippen molar-refractivity contribution in [1.82, 2.24) is 15.2 Å². The van der Waals surface area contributed by atoms with Crippen molar-refractivity contribution in [2.45, 2.75) is 13.0 Å². The Bertz CT molecular complexity index is 559. The summed E-state index contributed by atoms with van der Waals surface area (Å²) < 4.78 is 0. The number of hydrogen-bond acceptors (Lipinski definition) is 4. The van der Waals surface area contributed by atoms with E-state index in [4.69, 9.17) is 0 Å². The largest absolute Gasteiger partial charge is 0.329 e. The lowest BCUT2D eigenvalue weighted by Gasteiger charge is -2.21. The Morgan fingerprint density at radius 3 is 2.73 bits per heavy atom. The second kappa shape index (κ2) is 7.38. The fourth-order valence-corrected chi connectivity index (χ4v) is 2.81. The van der Waals surface area contributed by atoms with Crippen molar-refractivity contribution in [3.05, 3.63) is 54.2 Å². The van der Waals surface area contributed by atoms with Crippen LogP contribution in [0.25, 0.3) is 0 Å². The predicted molar refractivity (Wildman–Crippen MR) is 91.5 cm³/mol. The van der Waals surface area contributed by atoms with E-state index < -0.39 is 0 Å². The van der Waals surface area contributed by atoms with Crippen molar-refractivity contribution in [2.75, 3.05) is 38.1 Å². The van der Waals surface area contributed by atoms with Gasteiger partial charge < -0.3 is 10.2 Å². The number of pyridine rings is 1. The molecule has 1 N–H and O–H groups in total. The van der Waals surface area contributed by atoms with Gasteiger partial charge in [-0.25, -0.2) is 4.98 Å². The zero-order valence-electron chi connectivity index (χ0n) is 13.2. The van der Waals surface area contributed by atoms with Crippen LogP contribution in [0, 0.1) is 0 Å². The lowest BCUT2D eigenvalue weighted by atomic mass is 10.2. The zero-order chi connectivity index (χ0) is 15.2. The standard InChI is InChI=1S/C18H24N4/c1-21(17-6-3-2-4-7-17)18-9-8-16(14-20-18)15-22-12-5-10-19-11-13-22/h2-4,6-9,14,19H,5,10-13,15H2,1H3.